The number of rotatable bonds is 5. The van der Waals surface area contributed by atoms with E-state index in [4.69, 9.17) is 14.0 Å². The fraction of sp³-hybridized carbons (Fsp3) is 0.286. The van der Waals surface area contributed by atoms with Crippen LogP contribution in [0.1, 0.15) is 35.1 Å². The molecule has 1 aliphatic rings. The molecule has 1 unspecified atom stereocenters. The minimum absolute atomic E-state index is 0.0497. The molecule has 0 N–H and O–H groups in total. The van der Waals surface area contributed by atoms with Gasteiger partial charge in [-0.25, -0.2) is 0 Å². The number of amides is 1. The number of carbonyl (C=O) groups excluding carboxylic acids is 1. The molecule has 0 spiro atoms. The molecule has 0 saturated carbocycles. The average Bonchev–Trinajstić information content (AvgIpc) is 3.43. The van der Waals surface area contributed by atoms with Gasteiger partial charge >= 0.3 is 0 Å². The molecule has 7 heteroatoms. The molecule has 0 radical (unpaired) electrons. The molecule has 1 fully saturated rings. The van der Waals surface area contributed by atoms with Gasteiger partial charge in [0.15, 0.2) is 0 Å². The van der Waals surface area contributed by atoms with Gasteiger partial charge in [-0.3, -0.25) is 4.79 Å². The lowest BCUT2D eigenvalue weighted by Crippen LogP contribution is -2.30. The van der Waals surface area contributed by atoms with Gasteiger partial charge in [0.05, 0.1) is 14.2 Å². The topological polar surface area (TPSA) is 77.7 Å². The average molecular weight is 379 g/mol. The van der Waals surface area contributed by atoms with Crippen molar-refractivity contribution in [2.75, 3.05) is 20.8 Å². The third kappa shape index (κ3) is 3.43. The minimum atomic E-state index is -0.221. The highest BCUT2D eigenvalue weighted by atomic mass is 16.5. The highest BCUT2D eigenvalue weighted by molar-refractivity contribution is 5.94. The van der Waals surface area contributed by atoms with Crippen LogP contribution in [0.4, 0.5) is 0 Å². The van der Waals surface area contributed by atoms with Crippen LogP contribution in [-0.4, -0.2) is 41.7 Å². The third-order valence-electron chi connectivity index (χ3n) is 4.91. The Morgan fingerprint density at radius 3 is 2.64 bits per heavy atom. The van der Waals surface area contributed by atoms with Crippen LogP contribution in [0.2, 0.25) is 0 Å². The molecule has 144 valence electrons. The largest absolute Gasteiger partial charge is 0.497 e. The van der Waals surface area contributed by atoms with Crippen molar-refractivity contribution >= 4 is 5.91 Å². The maximum Gasteiger partial charge on any atom is 0.254 e. The Morgan fingerprint density at radius 1 is 1.11 bits per heavy atom. The zero-order chi connectivity index (χ0) is 19.5. The second kappa shape index (κ2) is 7.72. The quantitative estimate of drug-likeness (QED) is 0.672. The SMILES string of the molecule is COc1ccc(C(=O)N2CCCC2c2nc(-c3cccc(OC)c3)no2)cc1. The van der Waals surface area contributed by atoms with E-state index in [1.165, 1.54) is 0 Å². The van der Waals surface area contributed by atoms with Gasteiger partial charge in [-0.2, -0.15) is 4.98 Å². The van der Waals surface area contributed by atoms with E-state index in [-0.39, 0.29) is 11.9 Å². The van der Waals surface area contributed by atoms with Crippen LogP contribution in [0.5, 0.6) is 11.5 Å². The predicted molar refractivity (Wildman–Crippen MR) is 102 cm³/mol. The molecule has 0 aliphatic carbocycles. The van der Waals surface area contributed by atoms with Gasteiger partial charge in [0.1, 0.15) is 17.5 Å². The number of methoxy groups -OCH3 is 2. The summed E-state index contributed by atoms with van der Waals surface area (Å²) in [4.78, 5) is 19.3. The first kappa shape index (κ1) is 18.0. The molecule has 3 aromatic rings. The van der Waals surface area contributed by atoms with Crippen molar-refractivity contribution < 1.29 is 18.8 Å². The Bertz CT molecular complexity index is 968. The molecule has 1 atom stereocenters. The summed E-state index contributed by atoms with van der Waals surface area (Å²) in [6.45, 7) is 0.659. The van der Waals surface area contributed by atoms with Crippen molar-refractivity contribution in [3.8, 4) is 22.9 Å². The lowest BCUT2D eigenvalue weighted by Gasteiger charge is -2.22. The van der Waals surface area contributed by atoms with E-state index in [1.807, 2.05) is 24.3 Å². The number of ether oxygens (including phenoxy) is 2. The van der Waals surface area contributed by atoms with Crippen molar-refractivity contribution in [1.29, 1.82) is 0 Å². The van der Waals surface area contributed by atoms with E-state index in [0.29, 0.717) is 29.6 Å². The molecular weight excluding hydrogens is 358 g/mol. The van der Waals surface area contributed by atoms with Crippen LogP contribution < -0.4 is 9.47 Å². The van der Waals surface area contributed by atoms with Crippen LogP contribution in [0.3, 0.4) is 0 Å². The van der Waals surface area contributed by atoms with Gasteiger partial charge < -0.3 is 18.9 Å². The maximum absolute atomic E-state index is 13.0. The number of hydrogen-bond donors (Lipinski definition) is 0. The van der Waals surface area contributed by atoms with Gasteiger partial charge in [-0.05, 0) is 49.2 Å². The molecule has 4 rings (SSSR count). The highest BCUT2D eigenvalue weighted by Crippen LogP contribution is 2.33. The number of carbonyl (C=O) groups is 1. The summed E-state index contributed by atoms with van der Waals surface area (Å²) in [6, 6.07) is 14.4. The van der Waals surface area contributed by atoms with E-state index in [1.54, 1.807) is 43.4 Å². The van der Waals surface area contributed by atoms with Gasteiger partial charge in [0, 0.05) is 17.7 Å². The maximum atomic E-state index is 13.0. The fourth-order valence-corrected chi connectivity index (χ4v) is 3.42. The predicted octanol–water partition coefficient (Wildman–Crippen LogP) is 3.73. The Kier molecular flexibility index (Phi) is 4.97. The molecule has 1 aromatic heterocycles. The molecular formula is C21H21N3O4. The first-order valence-electron chi connectivity index (χ1n) is 9.12. The summed E-state index contributed by atoms with van der Waals surface area (Å²) >= 11 is 0. The fourth-order valence-electron chi connectivity index (χ4n) is 3.42. The lowest BCUT2D eigenvalue weighted by molar-refractivity contribution is 0.0710. The Balaban J connectivity index is 1.56. The van der Waals surface area contributed by atoms with Gasteiger partial charge in [-0.1, -0.05) is 17.3 Å². The van der Waals surface area contributed by atoms with E-state index < -0.39 is 0 Å². The van der Waals surface area contributed by atoms with Crippen LogP contribution in [-0.2, 0) is 0 Å². The normalized spacial score (nSPS) is 16.2. The lowest BCUT2D eigenvalue weighted by atomic mass is 10.1. The third-order valence-corrected chi connectivity index (χ3v) is 4.91. The summed E-state index contributed by atoms with van der Waals surface area (Å²) in [7, 11) is 3.21. The molecule has 1 amide bonds. The number of hydrogen-bond acceptors (Lipinski definition) is 6. The van der Waals surface area contributed by atoms with Crippen molar-refractivity contribution in [3.63, 3.8) is 0 Å². The molecule has 7 nitrogen and oxygen atoms in total. The summed E-state index contributed by atoms with van der Waals surface area (Å²) < 4.78 is 15.9. The van der Waals surface area contributed by atoms with E-state index in [2.05, 4.69) is 10.1 Å². The number of nitrogens with zero attached hydrogens (tertiary/aromatic N) is 3. The van der Waals surface area contributed by atoms with Crippen LogP contribution in [0, 0.1) is 0 Å². The highest BCUT2D eigenvalue weighted by Gasteiger charge is 2.34. The Labute approximate surface area is 162 Å². The molecule has 0 bridgehead atoms. The minimum Gasteiger partial charge on any atom is -0.497 e. The first-order chi connectivity index (χ1) is 13.7. The second-order valence-electron chi connectivity index (χ2n) is 6.57. The van der Waals surface area contributed by atoms with Crippen LogP contribution >= 0.6 is 0 Å². The summed E-state index contributed by atoms with van der Waals surface area (Å²) in [6.07, 6.45) is 1.69. The smallest absolute Gasteiger partial charge is 0.254 e. The molecule has 2 aromatic carbocycles. The van der Waals surface area contributed by atoms with Crippen LogP contribution in [0.25, 0.3) is 11.4 Å². The monoisotopic (exact) mass is 379 g/mol. The van der Waals surface area contributed by atoms with Crippen molar-refractivity contribution in [1.82, 2.24) is 15.0 Å². The van der Waals surface area contributed by atoms with Crippen molar-refractivity contribution in [3.05, 3.63) is 60.0 Å². The second-order valence-corrected chi connectivity index (χ2v) is 6.57. The summed E-state index contributed by atoms with van der Waals surface area (Å²) in [5.41, 5.74) is 1.42. The van der Waals surface area contributed by atoms with Gasteiger partial charge in [0.25, 0.3) is 5.91 Å². The zero-order valence-electron chi connectivity index (χ0n) is 15.8. The van der Waals surface area contributed by atoms with E-state index >= 15 is 0 Å². The standard InChI is InChI=1S/C21H21N3O4/c1-26-16-10-8-14(9-11-16)21(25)24-12-4-7-18(24)20-22-19(23-28-20)15-5-3-6-17(13-15)27-2/h3,5-6,8-11,13,18H,4,7,12H2,1-2H3. The van der Waals surface area contributed by atoms with Gasteiger partial charge in [0.2, 0.25) is 11.7 Å². The molecule has 2 heterocycles. The number of benzene rings is 2. The van der Waals surface area contributed by atoms with E-state index in [0.717, 1.165) is 24.2 Å². The Morgan fingerprint density at radius 2 is 1.89 bits per heavy atom. The number of aromatic nitrogens is 2. The molecule has 1 aliphatic heterocycles. The molecule has 1 saturated heterocycles. The molecule has 28 heavy (non-hydrogen) atoms. The van der Waals surface area contributed by atoms with Crippen molar-refractivity contribution in [2.45, 2.75) is 18.9 Å². The summed E-state index contributed by atoms with van der Waals surface area (Å²) in [5.74, 6) is 2.33. The Hall–Kier alpha value is -3.35. The van der Waals surface area contributed by atoms with E-state index in [9.17, 15) is 4.79 Å². The van der Waals surface area contributed by atoms with Crippen LogP contribution in [0.15, 0.2) is 53.1 Å². The zero-order valence-corrected chi connectivity index (χ0v) is 15.8. The first-order valence-corrected chi connectivity index (χ1v) is 9.12. The summed E-state index contributed by atoms with van der Waals surface area (Å²) in [5, 5.41) is 4.10. The van der Waals surface area contributed by atoms with Crippen molar-refractivity contribution in [2.24, 2.45) is 0 Å². The van der Waals surface area contributed by atoms with Gasteiger partial charge in [-0.15, -0.1) is 0 Å². The number of likely N-dealkylation sites (tertiary alicyclic amines) is 1.